The highest BCUT2D eigenvalue weighted by Gasteiger charge is 2.33. The molecule has 0 aromatic carbocycles. The van der Waals surface area contributed by atoms with Crippen molar-refractivity contribution in [1.82, 2.24) is 4.90 Å². The Morgan fingerprint density at radius 1 is 1.33 bits per heavy atom. The van der Waals surface area contributed by atoms with Gasteiger partial charge in [-0.3, -0.25) is 0 Å². The van der Waals surface area contributed by atoms with E-state index in [1.54, 1.807) is 0 Å². The van der Waals surface area contributed by atoms with Crippen LogP contribution < -0.4 is 0 Å². The average molecular weight is 165 g/mol. The number of nitrogens with zero attached hydrogens (tertiary/aromatic N) is 1. The van der Waals surface area contributed by atoms with Crippen molar-refractivity contribution in [3.8, 4) is 0 Å². The van der Waals surface area contributed by atoms with Gasteiger partial charge in [0, 0.05) is 11.7 Å². The highest BCUT2D eigenvalue weighted by Crippen LogP contribution is 2.34. The largest absolute Gasteiger partial charge is 0.365 e. The quantitative estimate of drug-likeness (QED) is 0.569. The van der Waals surface area contributed by atoms with Crippen LogP contribution in [0.4, 0.5) is 0 Å². The van der Waals surface area contributed by atoms with Crippen molar-refractivity contribution in [1.29, 1.82) is 0 Å². The molecule has 0 amide bonds. The lowest BCUT2D eigenvalue weighted by Crippen LogP contribution is -2.26. The van der Waals surface area contributed by atoms with Crippen LogP contribution in [0, 0.1) is 5.92 Å². The van der Waals surface area contributed by atoms with Crippen molar-refractivity contribution >= 4 is 0 Å². The van der Waals surface area contributed by atoms with Crippen molar-refractivity contribution < 1.29 is 0 Å². The molecule has 1 atom stereocenters. The smallest absolute Gasteiger partial charge is 0.0573 e. The molecule has 1 heterocycles. The van der Waals surface area contributed by atoms with Gasteiger partial charge in [0.25, 0.3) is 0 Å². The zero-order chi connectivity index (χ0) is 8.55. The minimum absolute atomic E-state index is 0.776. The van der Waals surface area contributed by atoms with E-state index in [0.29, 0.717) is 0 Å². The third-order valence-electron chi connectivity index (χ3n) is 3.48. The Bertz CT molecular complexity index is 179. The molecule has 1 saturated carbocycles. The summed E-state index contributed by atoms with van der Waals surface area (Å²) < 4.78 is 0. The summed E-state index contributed by atoms with van der Waals surface area (Å²) >= 11 is 0. The summed E-state index contributed by atoms with van der Waals surface area (Å²) in [6.07, 6.45) is 7.27. The average Bonchev–Trinajstić information content (AvgIpc) is 2.83. The highest BCUT2D eigenvalue weighted by molar-refractivity contribution is 5.15. The van der Waals surface area contributed by atoms with E-state index in [1.807, 2.05) is 0 Å². The maximum absolute atomic E-state index is 3.99. The third kappa shape index (κ3) is 1.50. The standard InChI is InChI=1S/C11H19N/c1-9-8-12(9)10(2)11-6-4-3-5-7-11/h10-11H,1,3-8H2,2H3. The van der Waals surface area contributed by atoms with E-state index in [2.05, 4.69) is 18.4 Å². The molecular weight excluding hydrogens is 146 g/mol. The molecule has 2 rings (SSSR count). The van der Waals surface area contributed by atoms with E-state index in [-0.39, 0.29) is 0 Å². The molecule has 1 saturated heterocycles. The summed E-state index contributed by atoms with van der Waals surface area (Å²) in [6, 6.07) is 0.776. The van der Waals surface area contributed by atoms with E-state index >= 15 is 0 Å². The third-order valence-corrected chi connectivity index (χ3v) is 3.48. The predicted octanol–water partition coefficient (Wildman–Crippen LogP) is 2.78. The lowest BCUT2D eigenvalue weighted by atomic mass is 9.84. The molecule has 0 spiro atoms. The van der Waals surface area contributed by atoms with E-state index < -0.39 is 0 Å². The SMILES string of the molecule is C=C1CN1C(C)C1CCCCC1. The lowest BCUT2D eigenvalue weighted by molar-refractivity contribution is 0.240. The van der Waals surface area contributed by atoms with Gasteiger partial charge in [-0.25, -0.2) is 0 Å². The molecule has 0 N–H and O–H groups in total. The molecule has 12 heavy (non-hydrogen) atoms. The maximum atomic E-state index is 3.99. The summed E-state index contributed by atoms with van der Waals surface area (Å²) in [7, 11) is 0. The van der Waals surface area contributed by atoms with Crippen molar-refractivity contribution in [2.75, 3.05) is 6.54 Å². The number of hydrogen-bond acceptors (Lipinski definition) is 1. The van der Waals surface area contributed by atoms with Gasteiger partial charge in [0.15, 0.2) is 0 Å². The Labute approximate surface area is 75.4 Å². The first-order chi connectivity index (χ1) is 5.79. The first kappa shape index (κ1) is 8.15. The molecule has 2 aliphatic rings. The van der Waals surface area contributed by atoms with E-state index in [4.69, 9.17) is 0 Å². The van der Waals surface area contributed by atoms with Gasteiger partial charge in [-0.15, -0.1) is 0 Å². The van der Waals surface area contributed by atoms with Crippen LogP contribution in [-0.4, -0.2) is 17.5 Å². The molecule has 2 fully saturated rings. The van der Waals surface area contributed by atoms with Gasteiger partial charge in [-0.05, 0) is 25.7 Å². The fourth-order valence-corrected chi connectivity index (χ4v) is 2.46. The van der Waals surface area contributed by atoms with E-state index in [0.717, 1.165) is 18.5 Å². The van der Waals surface area contributed by atoms with Gasteiger partial charge in [-0.1, -0.05) is 25.8 Å². The second kappa shape index (κ2) is 3.12. The molecule has 1 aliphatic carbocycles. The zero-order valence-electron chi connectivity index (χ0n) is 8.05. The van der Waals surface area contributed by atoms with E-state index in [1.165, 1.54) is 37.8 Å². The Hall–Kier alpha value is -0.460. The predicted molar refractivity (Wildman–Crippen MR) is 51.9 cm³/mol. The fourth-order valence-electron chi connectivity index (χ4n) is 2.46. The second-order valence-electron chi connectivity index (χ2n) is 4.33. The van der Waals surface area contributed by atoms with Crippen LogP contribution in [0.1, 0.15) is 39.0 Å². The van der Waals surface area contributed by atoms with Crippen molar-refractivity contribution in [3.05, 3.63) is 12.3 Å². The second-order valence-corrected chi connectivity index (χ2v) is 4.33. The van der Waals surface area contributed by atoms with Crippen LogP contribution in [0.2, 0.25) is 0 Å². The zero-order valence-corrected chi connectivity index (χ0v) is 8.05. The topological polar surface area (TPSA) is 3.01 Å². The van der Waals surface area contributed by atoms with Crippen LogP contribution >= 0.6 is 0 Å². The minimum atomic E-state index is 0.776. The Kier molecular flexibility index (Phi) is 2.12. The minimum Gasteiger partial charge on any atom is -0.365 e. The lowest BCUT2D eigenvalue weighted by Gasteiger charge is -2.28. The van der Waals surface area contributed by atoms with Gasteiger partial charge < -0.3 is 4.90 Å². The van der Waals surface area contributed by atoms with Gasteiger partial charge in [0.2, 0.25) is 0 Å². The molecular formula is C11H19N. The molecule has 0 aromatic rings. The van der Waals surface area contributed by atoms with Gasteiger partial charge in [0.1, 0.15) is 0 Å². The highest BCUT2D eigenvalue weighted by atomic mass is 15.3. The Balaban J connectivity index is 1.85. The molecule has 0 bridgehead atoms. The van der Waals surface area contributed by atoms with Gasteiger partial charge in [-0.2, -0.15) is 0 Å². The molecule has 68 valence electrons. The van der Waals surface area contributed by atoms with Crippen LogP contribution in [0.15, 0.2) is 12.3 Å². The van der Waals surface area contributed by atoms with Gasteiger partial charge >= 0.3 is 0 Å². The van der Waals surface area contributed by atoms with Crippen LogP contribution in [-0.2, 0) is 0 Å². The van der Waals surface area contributed by atoms with Crippen molar-refractivity contribution in [3.63, 3.8) is 0 Å². The first-order valence-corrected chi connectivity index (χ1v) is 5.23. The summed E-state index contributed by atoms with van der Waals surface area (Å²) in [4.78, 5) is 2.45. The Morgan fingerprint density at radius 2 is 1.92 bits per heavy atom. The van der Waals surface area contributed by atoms with Crippen molar-refractivity contribution in [2.24, 2.45) is 5.92 Å². The molecule has 0 aromatic heterocycles. The molecule has 1 aliphatic heterocycles. The molecule has 1 nitrogen and oxygen atoms in total. The summed E-state index contributed by atoms with van der Waals surface area (Å²) in [5.74, 6) is 0.956. The van der Waals surface area contributed by atoms with Gasteiger partial charge in [0.05, 0.1) is 6.54 Å². The number of hydrogen-bond donors (Lipinski definition) is 0. The summed E-state index contributed by atoms with van der Waals surface area (Å²) in [6.45, 7) is 7.52. The van der Waals surface area contributed by atoms with Crippen LogP contribution in [0.5, 0.6) is 0 Å². The van der Waals surface area contributed by atoms with Crippen LogP contribution in [0.25, 0.3) is 0 Å². The van der Waals surface area contributed by atoms with E-state index in [9.17, 15) is 0 Å². The first-order valence-electron chi connectivity index (χ1n) is 5.23. The Morgan fingerprint density at radius 3 is 2.42 bits per heavy atom. The number of rotatable bonds is 2. The normalized spacial score (nSPS) is 27.4. The van der Waals surface area contributed by atoms with Crippen LogP contribution in [0.3, 0.4) is 0 Å². The fraction of sp³-hybridized carbons (Fsp3) is 0.818. The molecule has 0 radical (unpaired) electrons. The molecule has 1 heteroatoms. The maximum Gasteiger partial charge on any atom is 0.0573 e. The summed E-state index contributed by atoms with van der Waals surface area (Å²) in [5.41, 5.74) is 1.35. The monoisotopic (exact) mass is 165 g/mol. The summed E-state index contributed by atoms with van der Waals surface area (Å²) in [5, 5.41) is 0. The van der Waals surface area contributed by atoms with Crippen molar-refractivity contribution in [2.45, 2.75) is 45.1 Å². The molecule has 1 unspecified atom stereocenters.